The predicted molar refractivity (Wildman–Crippen MR) is 77.2 cm³/mol. The Kier molecular flexibility index (Phi) is 4.45. The predicted octanol–water partition coefficient (Wildman–Crippen LogP) is 2.14. The number of aryl methyl sites for hydroxylation is 2. The highest BCUT2D eigenvalue weighted by Crippen LogP contribution is 2.25. The second-order valence-electron chi connectivity index (χ2n) is 4.34. The lowest BCUT2D eigenvalue weighted by Gasteiger charge is -2.11. The van der Waals surface area contributed by atoms with Crippen molar-refractivity contribution in [2.45, 2.75) is 20.4 Å². The van der Waals surface area contributed by atoms with Gasteiger partial charge in [-0.25, -0.2) is 9.67 Å². The lowest BCUT2D eigenvalue weighted by Crippen LogP contribution is -2.05. The molecule has 20 heavy (non-hydrogen) atoms. The van der Waals surface area contributed by atoms with Gasteiger partial charge in [-0.2, -0.15) is 5.10 Å². The van der Waals surface area contributed by atoms with E-state index in [1.165, 1.54) is 0 Å². The Bertz CT molecular complexity index is 581. The number of nitrogens with zero attached hydrogens (tertiary/aromatic N) is 3. The fourth-order valence-electron chi connectivity index (χ4n) is 2.10. The first kappa shape index (κ1) is 14.2. The van der Waals surface area contributed by atoms with Gasteiger partial charge >= 0.3 is 0 Å². The number of anilines is 1. The van der Waals surface area contributed by atoms with Gasteiger partial charge in [0.2, 0.25) is 11.8 Å². The summed E-state index contributed by atoms with van der Waals surface area (Å²) in [7, 11) is 3.51. The number of hydrogen-bond acceptors (Lipinski definition) is 5. The second kappa shape index (κ2) is 6.27. The highest BCUT2D eigenvalue weighted by Gasteiger charge is 2.14. The number of rotatable bonds is 6. The summed E-state index contributed by atoms with van der Waals surface area (Å²) in [6.07, 6.45) is 1.71. The van der Waals surface area contributed by atoms with Gasteiger partial charge in [0.15, 0.2) is 0 Å². The molecule has 2 aromatic heterocycles. The van der Waals surface area contributed by atoms with Gasteiger partial charge in [0, 0.05) is 19.8 Å². The molecule has 0 radical (unpaired) electrons. The van der Waals surface area contributed by atoms with Crippen LogP contribution in [0.4, 0.5) is 5.69 Å². The normalized spacial score (nSPS) is 10.4. The van der Waals surface area contributed by atoms with Crippen LogP contribution < -0.4 is 14.8 Å². The Labute approximate surface area is 118 Å². The zero-order valence-corrected chi connectivity index (χ0v) is 12.3. The van der Waals surface area contributed by atoms with Crippen LogP contribution in [-0.2, 0) is 13.6 Å². The van der Waals surface area contributed by atoms with E-state index in [4.69, 9.17) is 9.47 Å². The molecule has 108 valence electrons. The van der Waals surface area contributed by atoms with Gasteiger partial charge < -0.3 is 14.8 Å². The molecule has 0 aliphatic carbocycles. The largest absolute Gasteiger partial charge is 0.481 e. The summed E-state index contributed by atoms with van der Waals surface area (Å²) in [4.78, 5) is 4.21. The molecule has 0 saturated heterocycles. The van der Waals surface area contributed by atoms with Crippen LogP contribution >= 0.6 is 0 Å². The summed E-state index contributed by atoms with van der Waals surface area (Å²) >= 11 is 0. The molecule has 2 rings (SSSR count). The second-order valence-corrected chi connectivity index (χ2v) is 4.34. The Morgan fingerprint density at radius 1 is 1.40 bits per heavy atom. The van der Waals surface area contributed by atoms with E-state index in [2.05, 4.69) is 15.4 Å². The van der Waals surface area contributed by atoms with E-state index in [-0.39, 0.29) is 0 Å². The van der Waals surface area contributed by atoms with Crippen LogP contribution in [0.25, 0.3) is 0 Å². The molecule has 0 spiro atoms. The minimum Gasteiger partial charge on any atom is -0.481 e. The maximum Gasteiger partial charge on any atom is 0.237 e. The van der Waals surface area contributed by atoms with Gasteiger partial charge in [0.05, 0.1) is 30.7 Å². The van der Waals surface area contributed by atoms with Crippen LogP contribution in [-0.4, -0.2) is 28.5 Å². The van der Waals surface area contributed by atoms with Crippen molar-refractivity contribution in [2.24, 2.45) is 7.05 Å². The maximum atomic E-state index is 5.49. The van der Waals surface area contributed by atoms with Crippen molar-refractivity contribution in [3.05, 3.63) is 29.6 Å². The molecule has 0 aromatic carbocycles. The average Bonchev–Trinajstić information content (AvgIpc) is 2.71. The summed E-state index contributed by atoms with van der Waals surface area (Å²) in [5.74, 6) is 1.37. The van der Waals surface area contributed by atoms with E-state index in [1.54, 1.807) is 18.0 Å². The molecule has 0 saturated carbocycles. The summed E-state index contributed by atoms with van der Waals surface area (Å²) in [6.45, 7) is 5.09. The molecule has 0 amide bonds. The van der Waals surface area contributed by atoms with Crippen LogP contribution in [0.3, 0.4) is 0 Å². The lowest BCUT2D eigenvalue weighted by molar-refractivity contribution is 0.328. The Balaban J connectivity index is 2.17. The highest BCUT2D eigenvalue weighted by atomic mass is 16.5. The monoisotopic (exact) mass is 276 g/mol. The van der Waals surface area contributed by atoms with Gasteiger partial charge in [-0.05, 0) is 26.0 Å². The molecule has 0 aliphatic heterocycles. The van der Waals surface area contributed by atoms with Gasteiger partial charge in [-0.3, -0.25) is 0 Å². The topological polar surface area (TPSA) is 61.2 Å². The van der Waals surface area contributed by atoms with Crippen molar-refractivity contribution in [2.75, 3.05) is 19.0 Å². The van der Waals surface area contributed by atoms with E-state index in [1.807, 2.05) is 33.0 Å². The van der Waals surface area contributed by atoms with Crippen LogP contribution in [0.2, 0.25) is 0 Å². The number of nitrogens with one attached hydrogen (secondary N) is 1. The number of pyridine rings is 1. The number of ether oxygens (including phenoxy) is 2. The molecule has 1 N–H and O–H groups in total. The fraction of sp³-hybridized carbons (Fsp3) is 0.429. The molecule has 6 nitrogen and oxygen atoms in total. The Hall–Kier alpha value is -2.24. The van der Waals surface area contributed by atoms with E-state index in [9.17, 15) is 0 Å². The SMILES string of the molecule is CCOc1ncccc1NCc1c(C)nn(C)c1OC. The van der Waals surface area contributed by atoms with Crippen molar-refractivity contribution in [1.29, 1.82) is 0 Å². The van der Waals surface area contributed by atoms with Crippen LogP contribution in [0.1, 0.15) is 18.2 Å². The number of aromatic nitrogens is 3. The maximum absolute atomic E-state index is 5.49. The quantitative estimate of drug-likeness (QED) is 0.876. The first-order valence-electron chi connectivity index (χ1n) is 6.55. The summed E-state index contributed by atoms with van der Waals surface area (Å²) in [6, 6.07) is 3.81. The minimum absolute atomic E-state index is 0.584. The van der Waals surface area contributed by atoms with Gasteiger partial charge in [0.25, 0.3) is 0 Å². The summed E-state index contributed by atoms with van der Waals surface area (Å²) in [5, 5.41) is 7.68. The lowest BCUT2D eigenvalue weighted by atomic mass is 10.2. The molecule has 2 heterocycles. The van der Waals surface area contributed by atoms with E-state index >= 15 is 0 Å². The first-order valence-corrected chi connectivity index (χ1v) is 6.55. The zero-order chi connectivity index (χ0) is 14.5. The zero-order valence-electron chi connectivity index (χ0n) is 12.3. The van der Waals surface area contributed by atoms with Crippen LogP contribution in [0, 0.1) is 6.92 Å². The summed E-state index contributed by atoms with van der Waals surface area (Å²) < 4.78 is 12.6. The Morgan fingerprint density at radius 2 is 2.20 bits per heavy atom. The van der Waals surface area contributed by atoms with Gasteiger partial charge in [-0.15, -0.1) is 0 Å². The number of hydrogen-bond donors (Lipinski definition) is 1. The molecule has 0 bridgehead atoms. The fourth-order valence-corrected chi connectivity index (χ4v) is 2.10. The van der Waals surface area contributed by atoms with Crippen molar-refractivity contribution in [1.82, 2.24) is 14.8 Å². The van der Waals surface area contributed by atoms with Gasteiger partial charge in [-0.1, -0.05) is 0 Å². The Morgan fingerprint density at radius 3 is 2.90 bits per heavy atom. The van der Waals surface area contributed by atoms with Gasteiger partial charge in [0.1, 0.15) is 0 Å². The highest BCUT2D eigenvalue weighted by molar-refractivity contribution is 5.53. The first-order chi connectivity index (χ1) is 9.67. The standard InChI is InChI=1S/C14H20N4O2/c1-5-20-13-12(7-6-8-15-13)16-9-11-10(2)17-18(3)14(11)19-4/h6-8,16H,5,9H2,1-4H3. The number of methoxy groups -OCH3 is 1. The third-order valence-corrected chi connectivity index (χ3v) is 2.99. The van der Waals surface area contributed by atoms with Crippen LogP contribution in [0.5, 0.6) is 11.8 Å². The molecule has 0 unspecified atom stereocenters. The van der Waals surface area contributed by atoms with E-state index in [0.717, 1.165) is 22.8 Å². The third kappa shape index (κ3) is 2.84. The minimum atomic E-state index is 0.584. The molecule has 6 heteroatoms. The van der Waals surface area contributed by atoms with Crippen molar-refractivity contribution < 1.29 is 9.47 Å². The summed E-state index contributed by atoms with van der Waals surface area (Å²) in [5.41, 5.74) is 2.83. The molecular formula is C14H20N4O2. The smallest absolute Gasteiger partial charge is 0.237 e. The van der Waals surface area contributed by atoms with E-state index < -0.39 is 0 Å². The van der Waals surface area contributed by atoms with E-state index in [0.29, 0.717) is 19.0 Å². The molecule has 0 atom stereocenters. The molecule has 0 aliphatic rings. The third-order valence-electron chi connectivity index (χ3n) is 2.99. The molecule has 2 aromatic rings. The van der Waals surface area contributed by atoms with Crippen molar-refractivity contribution >= 4 is 5.69 Å². The molecule has 0 fully saturated rings. The van der Waals surface area contributed by atoms with Crippen LogP contribution in [0.15, 0.2) is 18.3 Å². The van der Waals surface area contributed by atoms with Crippen molar-refractivity contribution in [3.8, 4) is 11.8 Å². The van der Waals surface area contributed by atoms with Crippen molar-refractivity contribution in [3.63, 3.8) is 0 Å². The molecular weight excluding hydrogens is 256 g/mol. The average molecular weight is 276 g/mol.